The number of carbonyl (C=O) groups is 1. The molecular weight excluding hydrogens is 276 g/mol. The molecule has 3 rings (SSSR count). The lowest BCUT2D eigenvalue weighted by Gasteiger charge is -2.27. The second kappa shape index (κ2) is 6.35. The summed E-state index contributed by atoms with van der Waals surface area (Å²) in [6, 6.07) is 16.1. The van der Waals surface area contributed by atoms with Gasteiger partial charge in [-0.3, -0.25) is 4.79 Å². The third kappa shape index (κ3) is 2.96. The Morgan fingerprint density at radius 2 is 2.09 bits per heavy atom. The monoisotopic (exact) mass is 294 g/mol. The van der Waals surface area contributed by atoms with E-state index in [1.807, 2.05) is 36.4 Å². The van der Waals surface area contributed by atoms with E-state index < -0.39 is 6.10 Å². The first kappa shape index (κ1) is 14.2. The van der Waals surface area contributed by atoms with Crippen molar-refractivity contribution in [3.05, 3.63) is 61.2 Å². The Bertz CT molecular complexity index is 683. The predicted molar refractivity (Wildman–Crippen MR) is 88.0 cm³/mol. The van der Waals surface area contributed by atoms with Gasteiger partial charge in [-0.2, -0.15) is 0 Å². The maximum Gasteiger partial charge on any atom is 0.263 e. The molecule has 1 heterocycles. The summed E-state index contributed by atoms with van der Waals surface area (Å²) in [6.45, 7) is 4.48. The first-order valence-electron chi connectivity index (χ1n) is 7.26. The average molecular weight is 294 g/mol. The summed E-state index contributed by atoms with van der Waals surface area (Å²) in [6.07, 6.45) is 1.13. The highest BCUT2D eigenvalue weighted by Gasteiger charge is 2.25. The molecule has 1 unspecified atom stereocenters. The summed E-state index contributed by atoms with van der Waals surface area (Å²) < 4.78 is 5.77. The summed E-state index contributed by atoms with van der Waals surface area (Å²) in [5.41, 5.74) is 3.18. The van der Waals surface area contributed by atoms with Crippen molar-refractivity contribution in [2.75, 3.05) is 18.4 Å². The van der Waals surface area contributed by atoms with Crippen LogP contribution in [0.3, 0.4) is 0 Å². The Labute approximate surface area is 129 Å². The lowest BCUT2D eigenvalue weighted by Crippen LogP contribution is -2.44. The topological polar surface area (TPSA) is 50.4 Å². The Hall–Kier alpha value is -2.75. The van der Waals surface area contributed by atoms with Crippen LogP contribution in [0.4, 0.5) is 5.69 Å². The molecule has 4 nitrogen and oxygen atoms in total. The molecule has 0 aliphatic carbocycles. The number of hydrogen-bond acceptors (Lipinski definition) is 3. The van der Waals surface area contributed by atoms with E-state index in [0.29, 0.717) is 18.8 Å². The zero-order valence-electron chi connectivity index (χ0n) is 12.2. The lowest BCUT2D eigenvalue weighted by atomic mass is 10.0. The molecule has 0 saturated carbocycles. The number of fused-ring (bicyclic) bond motifs is 1. The van der Waals surface area contributed by atoms with E-state index in [-0.39, 0.29) is 5.91 Å². The second-order valence-corrected chi connectivity index (χ2v) is 5.10. The summed E-state index contributed by atoms with van der Waals surface area (Å²) in [5, 5.41) is 6.02. The molecule has 0 spiro atoms. The fourth-order valence-corrected chi connectivity index (χ4v) is 2.41. The van der Waals surface area contributed by atoms with Crippen LogP contribution in [-0.4, -0.2) is 25.1 Å². The van der Waals surface area contributed by atoms with Crippen molar-refractivity contribution >= 4 is 11.6 Å². The molecule has 2 N–H and O–H groups in total. The van der Waals surface area contributed by atoms with Gasteiger partial charge in [0, 0.05) is 6.54 Å². The SMILES string of the molecule is C=CCNC(=O)C1CNc2cc(-c3ccccc3)ccc2O1. The summed E-state index contributed by atoms with van der Waals surface area (Å²) in [4.78, 5) is 11.9. The van der Waals surface area contributed by atoms with Gasteiger partial charge in [0.05, 0.1) is 12.2 Å². The largest absolute Gasteiger partial charge is 0.477 e. The van der Waals surface area contributed by atoms with Crippen LogP contribution < -0.4 is 15.4 Å². The number of anilines is 1. The minimum absolute atomic E-state index is 0.134. The molecule has 1 atom stereocenters. The Balaban J connectivity index is 1.77. The van der Waals surface area contributed by atoms with Crippen LogP contribution in [0.15, 0.2) is 61.2 Å². The molecule has 0 saturated heterocycles. The molecule has 0 radical (unpaired) electrons. The molecule has 2 aromatic rings. The predicted octanol–water partition coefficient (Wildman–Crippen LogP) is 2.83. The molecule has 2 aromatic carbocycles. The van der Waals surface area contributed by atoms with Gasteiger partial charge in [0.15, 0.2) is 6.10 Å². The Morgan fingerprint density at radius 3 is 2.86 bits per heavy atom. The Morgan fingerprint density at radius 1 is 1.27 bits per heavy atom. The summed E-state index contributed by atoms with van der Waals surface area (Å²) in [7, 11) is 0. The van der Waals surface area contributed by atoms with Gasteiger partial charge < -0.3 is 15.4 Å². The first-order chi connectivity index (χ1) is 10.8. The zero-order valence-corrected chi connectivity index (χ0v) is 12.2. The van der Waals surface area contributed by atoms with Crippen molar-refractivity contribution in [3.8, 4) is 16.9 Å². The van der Waals surface area contributed by atoms with Gasteiger partial charge in [-0.15, -0.1) is 6.58 Å². The van der Waals surface area contributed by atoms with E-state index in [1.165, 1.54) is 0 Å². The van der Waals surface area contributed by atoms with Gasteiger partial charge in [-0.1, -0.05) is 42.5 Å². The van der Waals surface area contributed by atoms with Crippen LogP contribution in [0.1, 0.15) is 0 Å². The highest BCUT2D eigenvalue weighted by Crippen LogP contribution is 2.33. The normalized spacial score (nSPS) is 15.9. The first-order valence-corrected chi connectivity index (χ1v) is 7.26. The van der Waals surface area contributed by atoms with Gasteiger partial charge in [0.1, 0.15) is 5.75 Å². The number of benzene rings is 2. The molecule has 22 heavy (non-hydrogen) atoms. The molecule has 1 aliphatic heterocycles. The highest BCUT2D eigenvalue weighted by molar-refractivity contribution is 5.83. The number of amides is 1. The molecule has 0 bridgehead atoms. The minimum atomic E-state index is -0.518. The zero-order chi connectivity index (χ0) is 15.4. The van der Waals surface area contributed by atoms with E-state index in [4.69, 9.17) is 4.74 Å². The van der Waals surface area contributed by atoms with Gasteiger partial charge in [0.2, 0.25) is 0 Å². The maximum absolute atomic E-state index is 11.9. The number of nitrogens with one attached hydrogen (secondary N) is 2. The van der Waals surface area contributed by atoms with E-state index >= 15 is 0 Å². The van der Waals surface area contributed by atoms with Crippen molar-refractivity contribution < 1.29 is 9.53 Å². The molecule has 0 fully saturated rings. The van der Waals surface area contributed by atoms with Crippen molar-refractivity contribution in [1.82, 2.24) is 5.32 Å². The number of carbonyl (C=O) groups excluding carboxylic acids is 1. The van der Waals surface area contributed by atoms with Gasteiger partial charge >= 0.3 is 0 Å². The highest BCUT2D eigenvalue weighted by atomic mass is 16.5. The smallest absolute Gasteiger partial charge is 0.263 e. The lowest BCUT2D eigenvalue weighted by molar-refractivity contribution is -0.127. The van der Waals surface area contributed by atoms with Crippen molar-refractivity contribution in [3.63, 3.8) is 0 Å². The van der Waals surface area contributed by atoms with Crippen LogP contribution in [0, 0.1) is 0 Å². The molecule has 1 aliphatic rings. The van der Waals surface area contributed by atoms with Crippen LogP contribution in [0.5, 0.6) is 5.75 Å². The standard InChI is InChI=1S/C18H18N2O2/c1-2-10-19-18(21)17-12-20-15-11-14(8-9-16(15)22-17)13-6-4-3-5-7-13/h2-9,11,17,20H,1,10,12H2,(H,19,21). The Kier molecular flexibility index (Phi) is 4.10. The van der Waals surface area contributed by atoms with E-state index in [1.54, 1.807) is 6.08 Å². The second-order valence-electron chi connectivity index (χ2n) is 5.10. The van der Waals surface area contributed by atoms with Crippen LogP contribution in [0.25, 0.3) is 11.1 Å². The van der Waals surface area contributed by atoms with E-state index in [0.717, 1.165) is 16.8 Å². The van der Waals surface area contributed by atoms with E-state index in [2.05, 4.69) is 29.3 Å². The molecule has 112 valence electrons. The van der Waals surface area contributed by atoms with Crippen LogP contribution in [0.2, 0.25) is 0 Å². The fourth-order valence-electron chi connectivity index (χ4n) is 2.41. The summed E-state index contributed by atoms with van der Waals surface area (Å²) >= 11 is 0. The maximum atomic E-state index is 11.9. The van der Waals surface area contributed by atoms with Crippen molar-refractivity contribution in [2.45, 2.75) is 6.10 Å². The molecule has 0 aromatic heterocycles. The minimum Gasteiger partial charge on any atom is -0.477 e. The quantitative estimate of drug-likeness (QED) is 0.853. The third-order valence-corrected chi connectivity index (χ3v) is 3.55. The number of rotatable bonds is 4. The van der Waals surface area contributed by atoms with Crippen molar-refractivity contribution in [2.24, 2.45) is 0 Å². The molecule has 1 amide bonds. The molecular formula is C18H18N2O2. The average Bonchev–Trinajstić information content (AvgIpc) is 2.59. The van der Waals surface area contributed by atoms with E-state index in [9.17, 15) is 4.79 Å². The number of ether oxygens (including phenoxy) is 1. The van der Waals surface area contributed by atoms with Gasteiger partial charge in [-0.25, -0.2) is 0 Å². The van der Waals surface area contributed by atoms with Crippen LogP contribution >= 0.6 is 0 Å². The van der Waals surface area contributed by atoms with Gasteiger partial charge in [0.25, 0.3) is 5.91 Å². The fraction of sp³-hybridized carbons (Fsp3) is 0.167. The van der Waals surface area contributed by atoms with Crippen LogP contribution in [-0.2, 0) is 4.79 Å². The number of hydrogen-bond donors (Lipinski definition) is 2. The third-order valence-electron chi connectivity index (χ3n) is 3.55. The molecule has 4 heteroatoms. The summed E-state index contributed by atoms with van der Waals surface area (Å²) in [5.74, 6) is 0.565. The van der Waals surface area contributed by atoms with Gasteiger partial charge in [-0.05, 0) is 23.3 Å². The van der Waals surface area contributed by atoms with Crippen molar-refractivity contribution in [1.29, 1.82) is 0 Å².